The second-order valence-corrected chi connectivity index (χ2v) is 6.04. The summed E-state index contributed by atoms with van der Waals surface area (Å²) in [6, 6.07) is 10.1. The van der Waals surface area contributed by atoms with E-state index in [9.17, 15) is 4.79 Å². The zero-order valence-electron chi connectivity index (χ0n) is 13.3. The van der Waals surface area contributed by atoms with E-state index >= 15 is 0 Å². The number of hydrogen-bond acceptors (Lipinski definition) is 3. The quantitative estimate of drug-likeness (QED) is 0.745. The molecule has 1 saturated heterocycles. The summed E-state index contributed by atoms with van der Waals surface area (Å²) in [7, 11) is 0. The third-order valence-corrected chi connectivity index (χ3v) is 4.52. The molecule has 0 radical (unpaired) electrons. The van der Waals surface area contributed by atoms with Gasteiger partial charge in [-0.2, -0.15) is 0 Å². The molecule has 3 aromatic rings. The van der Waals surface area contributed by atoms with Crippen molar-refractivity contribution in [3.63, 3.8) is 0 Å². The van der Waals surface area contributed by atoms with Gasteiger partial charge in [0, 0.05) is 31.2 Å². The third kappa shape index (κ3) is 2.71. The fourth-order valence-electron chi connectivity index (χ4n) is 3.28. The first-order chi connectivity index (χ1) is 11.8. The summed E-state index contributed by atoms with van der Waals surface area (Å²) in [6.45, 7) is 1.49. The Morgan fingerprint density at radius 2 is 2.00 bits per heavy atom. The minimum Gasteiger partial charge on any atom is -0.335 e. The van der Waals surface area contributed by atoms with Gasteiger partial charge in [0.05, 0.1) is 24.9 Å². The van der Waals surface area contributed by atoms with E-state index in [1.807, 2.05) is 52.3 Å². The molecule has 0 saturated carbocycles. The van der Waals surface area contributed by atoms with Crippen LogP contribution < -0.4 is 0 Å². The zero-order valence-corrected chi connectivity index (χ0v) is 13.3. The molecule has 1 aliphatic rings. The highest BCUT2D eigenvalue weighted by Crippen LogP contribution is 2.23. The molecular weight excluding hydrogens is 302 g/mol. The largest absolute Gasteiger partial charge is 0.335 e. The molecule has 0 spiro atoms. The first kappa shape index (κ1) is 14.7. The van der Waals surface area contributed by atoms with Crippen LogP contribution in [-0.4, -0.2) is 43.0 Å². The van der Waals surface area contributed by atoms with E-state index in [0.29, 0.717) is 18.3 Å². The molecule has 1 amide bonds. The van der Waals surface area contributed by atoms with Gasteiger partial charge < -0.3 is 9.47 Å². The number of rotatable bonds is 3. The Kier molecular flexibility index (Phi) is 3.86. The Hall–Kier alpha value is -2.89. The molecule has 122 valence electrons. The maximum atomic E-state index is 13.0. The summed E-state index contributed by atoms with van der Waals surface area (Å²) in [5.74, 6) is 0.0289. The van der Waals surface area contributed by atoms with Gasteiger partial charge >= 0.3 is 0 Å². The van der Waals surface area contributed by atoms with Gasteiger partial charge in [0.2, 0.25) is 0 Å². The highest BCUT2D eigenvalue weighted by molar-refractivity contribution is 5.93. The smallest absolute Gasteiger partial charge is 0.272 e. The average Bonchev–Trinajstić information content (AvgIpc) is 3.34. The second-order valence-electron chi connectivity index (χ2n) is 6.04. The van der Waals surface area contributed by atoms with Crippen molar-refractivity contribution >= 4 is 5.91 Å². The molecular formula is C18H19N5O. The molecule has 1 aliphatic heterocycles. The molecule has 1 fully saturated rings. The van der Waals surface area contributed by atoms with Gasteiger partial charge in [-0.25, -0.2) is 9.97 Å². The number of piperidine rings is 1. The van der Waals surface area contributed by atoms with Gasteiger partial charge in [0.25, 0.3) is 5.91 Å². The number of benzene rings is 1. The molecule has 1 aromatic carbocycles. The highest BCUT2D eigenvalue weighted by Gasteiger charge is 2.27. The predicted molar refractivity (Wildman–Crippen MR) is 90.0 cm³/mol. The Bertz CT molecular complexity index is 809. The number of aromatic nitrogens is 4. The van der Waals surface area contributed by atoms with E-state index in [1.54, 1.807) is 18.7 Å². The molecule has 0 aliphatic carbocycles. The van der Waals surface area contributed by atoms with Crippen LogP contribution in [0, 0.1) is 0 Å². The van der Waals surface area contributed by atoms with Crippen molar-refractivity contribution in [2.75, 3.05) is 13.1 Å². The predicted octanol–water partition coefficient (Wildman–Crippen LogP) is 2.55. The second kappa shape index (κ2) is 6.31. The minimum absolute atomic E-state index is 0.0289. The molecule has 4 rings (SSSR count). The molecule has 3 heterocycles. The first-order valence-corrected chi connectivity index (χ1v) is 8.17. The SMILES string of the molecule is O=C(c1cncn1-c1ccccc1)N1CCCC(n2ccnc2)C1. The fraction of sp³-hybridized carbons (Fsp3) is 0.278. The van der Waals surface area contributed by atoms with Crippen molar-refractivity contribution < 1.29 is 4.79 Å². The lowest BCUT2D eigenvalue weighted by molar-refractivity contribution is 0.0671. The summed E-state index contributed by atoms with van der Waals surface area (Å²) >= 11 is 0. The van der Waals surface area contributed by atoms with Crippen LogP contribution in [-0.2, 0) is 0 Å². The van der Waals surface area contributed by atoms with Crippen molar-refractivity contribution in [2.45, 2.75) is 18.9 Å². The summed E-state index contributed by atoms with van der Waals surface area (Å²) in [5.41, 5.74) is 1.55. The van der Waals surface area contributed by atoms with Crippen LogP contribution >= 0.6 is 0 Å². The van der Waals surface area contributed by atoms with E-state index < -0.39 is 0 Å². The lowest BCUT2D eigenvalue weighted by Crippen LogP contribution is -2.41. The van der Waals surface area contributed by atoms with Crippen LogP contribution in [0.5, 0.6) is 0 Å². The number of hydrogen-bond donors (Lipinski definition) is 0. The molecule has 2 aromatic heterocycles. The molecule has 6 nitrogen and oxygen atoms in total. The minimum atomic E-state index is 0.0289. The van der Waals surface area contributed by atoms with Gasteiger partial charge in [0.15, 0.2) is 0 Å². The molecule has 0 N–H and O–H groups in total. The maximum Gasteiger partial charge on any atom is 0.272 e. The van der Waals surface area contributed by atoms with Crippen LogP contribution in [0.3, 0.4) is 0 Å². The maximum absolute atomic E-state index is 13.0. The summed E-state index contributed by atoms with van der Waals surface area (Å²) < 4.78 is 3.94. The zero-order chi connectivity index (χ0) is 16.4. The Balaban J connectivity index is 1.57. The van der Waals surface area contributed by atoms with Crippen molar-refractivity contribution in [1.82, 2.24) is 24.0 Å². The van der Waals surface area contributed by atoms with Crippen molar-refractivity contribution in [2.24, 2.45) is 0 Å². The van der Waals surface area contributed by atoms with Gasteiger partial charge in [-0.15, -0.1) is 0 Å². The van der Waals surface area contributed by atoms with E-state index in [0.717, 1.165) is 25.1 Å². The average molecular weight is 321 g/mol. The topological polar surface area (TPSA) is 56.0 Å². The van der Waals surface area contributed by atoms with E-state index in [1.165, 1.54) is 0 Å². The monoisotopic (exact) mass is 321 g/mol. The Labute approximate surface area is 140 Å². The van der Waals surface area contributed by atoms with Gasteiger partial charge in [-0.05, 0) is 25.0 Å². The molecule has 1 unspecified atom stereocenters. The number of likely N-dealkylation sites (tertiary alicyclic amines) is 1. The van der Waals surface area contributed by atoms with Crippen LogP contribution in [0.1, 0.15) is 29.4 Å². The fourth-order valence-corrected chi connectivity index (χ4v) is 3.28. The van der Waals surface area contributed by atoms with E-state index in [2.05, 4.69) is 14.5 Å². The number of amides is 1. The normalized spacial score (nSPS) is 17.8. The lowest BCUT2D eigenvalue weighted by atomic mass is 10.1. The van der Waals surface area contributed by atoms with Gasteiger partial charge in [-0.3, -0.25) is 9.36 Å². The first-order valence-electron chi connectivity index (χ1n) is 8.17. The highest BCUT2D eigenvalue weighted by atomic mass is 16.2. The van der Waals surface area contributed by atoms with Crippen LogP contribution in [0.2, 0.25) is 0 Å². The van der Waals surface area contributed by atoms with Gasteiger partial charge in [-0.1, -0.05) is 18.2 Å². The molecule has 24 heavy (non-hydrogen) atoms. The van der Waals surface area contributed by atoms with Crippen LogP contribution in [0.25, 0.3) is 5.69 Å². The van der Waals surface area contributed by atoms with Crippen LogP contribution in [0.15, 0.2) is 61.6 Å². The number of nitrogens with zero attached hydrogens (tertiary/aromatic N) is 5. The van der Waals surface area contributed by atoms with Crippen molar-refractivity contribution in [3.05, 3.63) is 67.3 Å². The standard InChI is InChI=1S/C18H19N5O/c24-18(17-11-20-14-23(17)15-5-2-1-3-6-15)21-9-4-7-16(12-21)22-10-8-19-13-22/h1-3,5-6,8,10-11,13-14,16H,4,7,9,12H2. The summed E-state index contributed by atoms with van der Waals surface area (Å²) in [5, 5.41) is 0. The van der Waals surface area contributed by atoms with E-state index in [4.69, 9.17) is 0 Å². The Morgan fingerprint density at radius 3 is 2.79 bits per heavy atom. The van der Waals surface area contributed by atoms with Crippen LogP contribution in [0.4, 0.5) is 0 Å². The number of imidazole rings is 2. The number of carbonyl (C=O) groups excluding carboxylic acids is 1. The Morgan fingerprint density at radius 1 is 1.12 bits per heavy atom. The number of para-hydroxylation sites is 1. The van der Waals surface area contributed by atoms with E-state index in [-0.39, 0.29) is 5.91 Å². The summed E-state index contributed by atoms with van der Waals surface area (Å²) in [6.07, 6.45) is 11.0. The number of carbonyl (C=O) groups is 1. The van der Waals surface area contributed by atoms with Crippen molar-refractivity contribution in [3.8, 4) is 5.69 Å². The van der Waals surface area contributed by atoms with Gasteiger partial charge in [0.1, 0.15) is 5.69 Å². The third-order valence-electron chi connectivity index (χ3n) is 4.52. The molecule has 0 bridgehead atoms. The molecule has 1 atom stereocenters. The summed E-state index contributed by atoms with van der Waals surface area (Å²) in [4.78, 5) is 23.2. The lowest BCUT2D eigenvalue weighted by Gasteiger charge is -2.33. The van der Waals surface area contributed by atoms with Crippen molar-refractivity contribution in [1.29, 1.82) is 0 Å². The molecule has 6 heteroatoms.